The average Bonchev–Trinajstić information content (AvgIpc) is 2.34. The van der Waals surface area contributed by atoms with Gasteiger partial charge in [-0.1, -0.05) is 13.0 Å². The van der Waals surface area contributed by atoms with Crippen LogP contribution in [0.4, 0.5) is 5.69 Å². The summed E-state index contributed by atoms with van der Waals surface area (Å²) in [6.45, 7) is 5.05. The van der Waals surface area contributed by atoms with Gasteiger partial charge in [-0.2, -0.15) is 0 Å². The Bertz CT molecular complexity index is 313. The van der Waals surface area contributed by atoms with Gasteiger partial charge in [0.25, 0.3) is 0 Å². The number of ether oxygens (including phenoxy) is 1. The Morgan fingerprint density at radius 2 is 2.06 bits per heavy atom. The van der Waals surface area contributed by atoms with E-state index in [1.54, 1.807) is 0 Å². The molecule has 0 saturated heterocycles. The minimum Gasteiger partial charge on any atom is -0.494 e. The summed E-state index contributed by atoms with van der Waals surface area (Å²) < 4.78 is 5.72. The van der Waals surface area contributed by atoms with Crippen LogP contribution in [0.15, 0.2) is 24.3 Å². The van der Waals surface area contributed by atoms with Crippen molar-refractivity contribution in [2.45, 2.75) is 19.8 Å². The van der Waals surface area contributed by atoms with E-state index in [0.29, 0.717) is 0 Å². The van der Waals surface area contributed by atoms with E-state index < -0.39 is 0 Å². The second-order valence-corrected chi connectivity index (χ2v) is 4.30. The second-order valence-electron chi connectivity index (χ2n) is 4.30. The molecule has 0 bridgehead atoms. The predicted molar refractivity (Wildman–Crippen MR) is 74.0 cm³/mol. The van der Waals surface area contributed by atoms with Crippen LogP contribution in [-0.2, 0) is 0 Å². The summed E-state index contributed by atoms with van der Waals surface area (Å²) in [5, 5.41) is 3.31. The van der Waals surface area contributed by atoms with Crippen LogP contribution in [0.5, 0.6) is 5.75 Å². The first-order valence-electron chi connectivity index (χ1n) is 6.35. The van der Waals surface area contributed by atoms with Gasteiger partial charge in [0.1, 0.15) is 5.75 Å². The number of unbranched alkanes of at least 4 members (excludes halogenated alkanes) is 1. The second kappa shape index (κ2) is 7.96. The molecular weight excluding hydrogens is 212 g/mol. The van der Waals surface area contributed by atoms with Crippen molar-refractivity contribution < 1.29 is 4.74 Å². The lowest BCUT2D eigenvalue weighted by atomic mass is 10.3. The minimum absolute atomic E-state index is 0.794. The van der Waals surface area contributed by atoms with Crippen molar-refractivity contribution in [1.29, 1.82) is 0 Å². The number of hydrogen-bond acceptors (Lipinski definition) is 3. The van der Waals surface area contributed by atoms with Crippen molar-refractivity contribution in [3.63, 3.8) is 0 Å². The Kier molecular flexibility index (Phi) is 6.48. The van der Waals surface area contributed by atoms with Crippen LogP contribution < -0.4 is 15.0 Å². The summed E-state index contributed by atoms with van der Waals surface area (Å²) in [5.74, 6) is 0.958. The highest BCUT2D eigenvalue weighted by Gasteiger charge is 1.98. The molecule has 1 N–H and O–H groups in total. The van der Waals surface area contributed by atoms with Crippen LogP contribution in [-0.4, -0.2) is 33.8 Å². The molecule has 0 saturated carbocycles. The molecule has 0 amide bonds. The Labute approximate surface area is 105 Å². The number of anilines is 1. The van der Waals surface area contributed by atoms with Gasteiger partial charge in [-0.3, -0.25) is 0 Å². The van der Waals surface area contributed by atoms with E-state index in [2.05, 4.69) is 29.3 Å². The molecule has 0 atom stereocenters. The Hall–Kier alpha value is -1.22. The van der Waals surface area contributed by atoms with Gasteiger partial charge in [0.15, 0.2) is 0 Å². The summed E-state index contributed by atoms with van der Waals surface area (Å²) in [4.78, 5) is 2.08. The normalized spacial score (nSPS) is 10.3. The van der Waals surface area contributed by atoms with Crippen molar-refractivity contribution in [2.75, 3.05) is 38.7 Å². The molecule has 0 fully saturated rings. The van der Waals surface area contributed by atoms with Crippen LogP contribution in [0.1, 0.15) is 19.8 Å². The molecule has 0 spiro atoms. The third-order valence-electron chi connectivity index (χ3n) is 2.60. The maximum Gasteiger partial charge on any atom is 0.121 e. The average molecular weight is 236 g/mol. The first-order valence-corrected chi connectivity index (χ1v) is 6.35. The van der Waals surface area contributed by atoms with Crippen molar-refractivity contribution in [1.82, 2.24) is 5.32 Å². The third kappa shape index (κ3) is 5.59. The molecule has 3 nitrogen and oxygen atoms in total. The maximum atomic E-state index is 5.72. The molecule has 0 radical (unpaired) electrons. The number of rotatable bonds is 8. The zero-order valence-electron chi connectivity index (χ0n) is 11.2. The Morgan fingerprint density at radius 1 is 1.24 bits per heavy atom. The predicted octanol–water partition coefficient (Wildman–Crippen LogP) is 2.52. The fourth-order valence-electron chi connectivity index (χ4n) is 1.57. The van der Waals surface area contributed by atoms with Crippen LogP contribution in [0, 0.1) is 0 Å². The number of benzene rings is 1. The molecule has 0 heterocycles. The third-order valence-corrected chi connectivity index (χ3v) is 2.60. The van der Waals surface area contributed by atoms with Gasteiger partial charge in [-0.25, -0.2) is 0 Å². The van der Waals surface area contributed by atoms with Gasteiger partial charge in [0, 0.05) is 25.8 Å². The molecule has 3 heteroatoms. The molecule has 17 heavy (non-hydrogen) atoms. The van der Waals surface area contributed by atoms with Gasteiger partial charge in [0.2, 0.25) is 0 Å². The van der Waals surface area contributed by atoms with E-state index in [1.807, 2.05) is 26.2 Å². The van der Waals surface area contributed by atoms with Crippen LogP contribution >= 0.6 is 0 Å². The number of nitrogens with one attached hydrogen (secondary N) is 1. The number of hydrogen-bond donors (Lipinski definition) is 1. The smallest absolute Gasteiger partial charge is 0.121 e. The van der Waals surface area contributed by atoms with Crippen molar-refractivity contribution in [3.05, 3.63) is 24.3 Å². The highest BCUT2D eigenvalue weighted by molar-refractivity contribution is 5.49. The van der Waals surface area contributed by atoms with E-state index in [0.717, 1.165) is 31.9 Å². The number of nitrogens with zero attached hydrogens (tertiary/aromatic N) is 1. The zero-order valence-corrected chi connectivity index (χ0v) is 11.2. The van der Waals surface area contributed by atoms with Gasteiger partial charge < -0.3 is 15.0 Å². The molecule has 0 unspecified atom stereocenters. The lowest BCUT2D eigenvalue weighted by molar-refractivity contribution is 0.306. The first-order chi connectivity index (χ1) is 8.24. The maximum absolute atomic E-state index is 5.72. The first kappa shape index (κ1) is 13.8. The summed E-state index contributed by atoms with van der Waals surface area (Å²) >= 11 is 0. The molecule has 96 valence electrons. The quantitative estimate of drug-likeness (QED) is 0.702. The molecule has 1 aromatic rings. The van der Waals surface area contributed by atoms with Crippen molar-refractivity contribution in [3.8, 4) is 5.75 Å². The highest BCUT2D eigenvalue weighted by Crippen LogP contribution is 2.19. The SMILES string of the molecule is CCNCCCCOc1cccc(N(C)C)c1. The fraction of sp³-hybridized carbons (Fsp3) is 0.571. The van der Waals surface area contributed by atoms with Gasteiger partial charge in [-0.15, -0.1) is 0 Å². The van der Waals surface area contributed by atoms with Crippen molar-refractivity contribution in [2.24, 2.45) is 0 Å². The van der Waals surface area contributed by atoms with Gasteiger partial charge in [-0.05, 0) is 38.1 Å². The molecule has 0 aliphatic rings. The standard InChI is InChI=1S/C14H24N2O/c1-4-15-10-5-6-11-17-14-9-7-8-13(12-14)16(2)3/h7-9,12,15H,4-6,10-11H2,1-3H3. The van der Waals surface area contributed by atoms with Crippen LogP contribution in [0.25, 0.3) is 0 Å². The summed E-state index contributed by atoms with van der Waals surface area (Å²) in [5.41, 5.74) is 1.18. The van der Waals surface area contributed by atoms with E-state index in [1.165, 1.54) is 12.1 Å². The zero-order chi connectivity index (χ0) is 12.5. The summed E-state index contributed by atoms with van der Waals surface area (Å²) in [6, 6.07) is 8.20. The Morgan fingerprint density at radius 3 is 2.76 bits per heavy atom. The summed E-state index contributed by atoms with van der Waals surface area (Å²) in [6.07, 6.45) is 2.26. The Balaban J connectivity index is 2.24. The van der Waals surface area contributed by atoms with E-state index in [-0.39, 0.29) is 0 Å². The van der Waals surface area contributed by atoms with Gasteiger partial charge >= 0.3 is 0 Å². The van der Waals surface area contributed by atoms with E-state index >= 15 is 0 Å². The van der Waals surface area contributed by atoms with Gasteiger partial charge in [0.05, 0.1) is 6.61 Å². The lowest BCUT2D eigenvalue weighted by Gasteiger charge is -2.14. The van der Waals surface area contributed by atoms with E-state index in [9.17, 15) is 0 Å². The molecule has 1 aromatic carbocycles. The van der Waals surface area contributed by atoms with E-state index in [4.69, 9.17) is 4.74 Å². The molecular formula is C14H24N2O. The largest absolute Gasteiger partial charge is 0.494 e. The topological polar surface area (TPSA) is 24.5 Å². The molecule has 0 aliphatic carbocycles. The van der Waals surface area contributed by atoms with Crippen molar-refractivity contribution >= 4 is 5.69 Å². The molecule has 0 aliphatic heterocycles. The van der Waals surface area contributed by atoms with Crippen LogP contribution in [0.3, 0.4) is 0 Å². The lowest BCUT2D eigenvalue weighted by Crippen LogP contribution is -2.14. The fourth-order valence-corrected chi connectivity index (χ4v) is 1.57. The minimum atomic E-state index is 0.794. The monoisotopic (exact) mass is 236 g/mol. The molecule has 0 aromatic heterocycles. The summed E-state index contributed by atoms with van der Waals surface area (Å²) in [7, 11) is 4.07. The highest BCUT2D eigenvalue weighted by atomic mass is 16.5. The molecule has 1 rings (SSSR count). The van der Waals surface area contributed by atoms with Crippen LogP contribution in [0.2, 0.25) is 0 Å².